The first-order valence-corrected chi connectivity index (χ1v) is 7.64. The average molecular weight is 289 g/mol. The topological polar surface area (TPSA) is 51.7 Å². The highest BCUT2D eigenvalue weighted by Crippen LogP contribution is 2.22. The smallest absolute Gasteiger partial charge is 0.250 e. The van der Waals surface area contributed by atoms with Crippen LogP contribution < -0.4 is 10.2 Å². The Labute approximate surface area is 125 Å². The Morgan fingerprint density at radius 3 is 2.62 bits per heavy atom. The first-order valence-electron chi connectivity index (χ1n) is 7.64. The number of rotatable bonds is 3. The minimum Gasteiger partial charge on any atom is -0.371 e. The number of amides is 1. The quantitative estimate of drug-likeness (QED) is 0.869. The molecule has 3 rings (SSSR count). The highest BCUT2D eigenvalue weighted by atomic mass is 16.2. The number of hydrazine groups is 1. The molecule has 2 aliphatic rings. The monoisotopic (exact) mass is 289 g/mol. The zero-order chi connectivity index (χ0) is 14.7. The number of carbonyl (C=O) groups excluding carboxylic acids is 1. The lowest BCUT2D eigenvalue weighted by Gasteiger charge is -2.43. The molecule has 0 radical (unpaired) electrons. The van der Waals surface area contributed by atoms with Gasteiger partial charge in [-0.1, -0.05) is 0 Å². The maximum atomic E-state index is 12.0. The van der Waals surface area contributed by atoms with Crippen LogP contribution in [0.15, 0.2) is 24.5 Å². The lowest BCUT2D eigenvalue weighted by atomic mass is 10.0. The van der Waals surface area contributed by atoms with E-state index in [-0.39, 0.29) is 5.91 Å². The molecule has 1 amide bonds. The van der Waals surface area contributed by atoms with Crippen molar-refractivity contribution in [2.24, 2.45) is 0 Å². The second-order valence-electron chi connectivity index (χ2n) is 5.69. The van der Waals surface area contributed by atoms with Crippen LogP contribution in [0.3, 0.4) is 0 Å². The van der Waals surface area contributed by atoms with Crippen LogP contribution in [0, 0.1) is 0 Å². The number of anilines is 1. The summed E-state index contributed by atoms with van der Waals surface area (Å²) in [7, 11) is 2.05. The van der Waals surface area contributed by atoms with E-state index in [0.29, 0.717) is 12.6 Å². The number of piperidine rings is 1. The van der Waals surface area contributed by atoms with Crippen LogP contribution in [-0.4, -0.2) is 66.7 Å². The number of nitrogens with one attached hydrogen (secondary N) is 1. The molecule has 0 spiro atoms. The number of aromatic nitrogens is 1. The van der Waals surface area contributed by atoms with Crippen LogP contribution in [0.4, 0.5) is 5.69 Å². The summed E-state index contributed by atoms with van der Waals surface area (Å²) >= 11 is 0. The summed E-state index contributed by atoms with van der Waals surface area (Å²) < 4.78 is 0. The van der Waals surface area contributed by atoms with E-state index in [2.05, 4.69) is 39.4 Å². The zero-order valence-corrected chi connectivity index (χ0v) is 12.5. The van der Waals surface area contributed by atoms with Gasteiger partial charge in [-0.3, -0.25) is 14.8 Å². The standard InChI is InChI=1S/C15H23N5O/c1-18(20-11-8-17-12-15(20)21)13-4-9-19(10-5-13)14-2-6-16-7-3-14/h2-3,6-7,13,17H,4-5,8-12H2,1H3. The van der Waals surface area contributed by atoms with Gasteiger partial charge < -0.3 is 10.2 Å². The van der Waals surface area contributed by atoms with E-state index in [0.717, 1.165) is 39.0 Å². The van der Waals surface area contributed by atoms with E-state index in [9.17, 15) is 4.79 Å². The van der Waals surface area contributed by atoms with Gasteiger partial charge in [0.05, 0.1) is 13.1 Å². The maximum absolute atomic E-state index is 12.0. The summed E-state index contributed by atoms with van der Waals surface area (Å²) in [5, 5.41) is 7.18. The molecule has 3 heterocycles. The van der Waals surface area contributed by atoms with Crippen LogP contribution >= 0.6 is 0 Å². The Morgan fingerprint density at radius 1 is 1.24 bits per heavy atom. The Bertz CT molecular complexity index is 472. The molecular weight excluding hydrogens is 266 g/mol. The van der Waals surface area contributed by atoms with Crippen LogP contribution in [-0.2, 0) is 4.79 Å². The zero-order valence-electron chi connectivity index (χ0n) is 12.5. The maximum Gasteiger partial charge on any atom is 0.250 e. The highest BCUT2D eigenvalue weighted by Gasteiger charge is 2.29. The molecule has 0 atom stereocenters. The summed E-state index contributed by atoms with van der Waals surface area (Å²) in [5.41, 5.74) is 1.24. The Hall–Kier alpha value is -1.66. The fourth-order valence-electron chi connectivity index (χ4n) is 3.18. The SMILES string of the molecule is CN(C1CCN(c2ccncc2)CC1)N1CCNCC1=O. The van der Waals surface area contributed by atoms with Crippen molar-refractivity contribution in [1.29, 1.82) is 0 Å². The predicted octanol–water partition coefficient (Wildman–Crippen LogP) is 0.329. The van der Waals surface area contributed by atoms with E-state index >= 15 is 0 Å². The lowest BCUT2D eigenvalue weighted by Crippen LogP contribution is -2.58. The predicted molar refractivity (Wildman–Crippen MR) is 81.8 cm³/mol. The summed E-state index contributed by atoms with van der Waals surface area (Å²) in [5.74, 6) is 0.181. The van der Waals surface area contributed by atoms with Crippen molar-refractivity contribution >= 4 is 11.6 Å². The van der Waals surface area contributed by atoms with Gasteiger partial charge in [-0.2, -0.15) is 0 Å². The summed E-state index contributed by atoms with van der Waals surface area (Å²) in [6, 6.07) is 4.57. The van der Waals surface area contributed by atoms with Gasteiger partial charge in [0, 0.05) is 50.8 Å². The molecule has 1 aromatic rings. The summed E-state index contributed by atoms with van der Waals surface area (Å²) in [4.78, 5) is 18.4. The molecule has 2 fully saturated rings. The largest absolute Gasteiger partial charge is 0.371 e. The first kappa shape index (κ1) is 14.3. The van der Waals surface area contributed by atoms with E-state index in [1.54, 1.807) is 0 Å². The fraction of sp³-hybridized carbons (Fsp3) is 0.600. The number of nitrogens with zero attached hydrogens (tertiary/aromatic N) is 4. The van der Waals surface area contributed by atoms with E-state index in [1.165, 1.54) is 5.69 Å². The Balaban J connectivity index is 1.56. The van der Waals surface area contributed by atoms with Crippen LogP contribution in [0.25, 0.3) is 0 Å². The molecule has 6 nitrogen and oxygen atoms in total. The van der Waals surface area contributed by atoms with Crippen LogP contribution in [0.2, 0.25) is 0 Å². The molecule has 6 heteroatoms. The van der Waals surface area contributed by atoms with E-state index in [4.69, 9.17) is 0 Å². The van der Waals surface area contributed by atoms with Gasteiger partial charge in [-0.05, 0) is 25.0 Å². The average Bonchev–Trinajstić information content (AvgIpc) is 2.56. The van der Waals surface area contributed by atoms with E-state index < -0.39 is 0 Å². The number of hydrogen-bond acceptors (Lipinski definition) is 5. The van der Waals surface area contributed by atoms with Gasteiger partial charge in [0.1, 0.15) is 0 Å². The molecule has 0 saturated carbocycles. The van der Waals surface area contributed by atoms with Gasteiger partial charge in [-0.15, -0.1) is 0 Å². The van der Waals surface area contributed by atoms with Gasteiger partial charge in [-0.25, -0.2) is 5.01 Å². The number of piperazine rings is 1. The molecule has 1 N–H and O–H groups in total. The Kier molecular flexibility index (Phi) is 4.36. The van der Waals surface area contributed by atoms with Crippen molar-refractivity contribution in [3.05, 3.63) is 24.5 Å². The van der Waals surface area contributed by atoms with Gasteiger partial charge in [0.15, 0.2) is 0 Å². The third kappa shape index (κ3) is 3.16. The molecule has 0 bridgehead atoms. The van der Waals surface area contributed by atoms with Crippen LogP contribution in [0.1, 0.15) is 12.8 Å². The molecule has 0 aliphatic carbocycles. The van der Waals surface area contributed by atoms with Gasteiger partial charge in [0.2, 0.25) is 0 Å². The highest BCUT2D eigenvalue weighted by molar-refractivity contribution is 5.78. The third-order valence-electron chi connectivity index (χ3n) is 4.47. The third-order valence-corrected chi connectivity index (χ3v) is 4.47. The van der Waals surface area contributed by atoms with Crippen molar-refractivity contribution in [2.45, 2.75) is 18.9 Å². The summed E-state index contributed by atoms with van der Waals surface area (Å²) in [6.45, 7) is 4.17. The van der Waals surface area contributed by atoms with Crippen molar-refractivity contribution < 1.29 is 4.79 Å². The first-order chi connectivity index (χ1) is 10.3. The molecule has 0 unspecified atom stereocenters. The van der Waals surface area contributed by atoms with Crippen molar-refractivity contribution in [3.63, 3.8) is 0 Å². The van der Waals surface area contributed by atoms with E-state index in [1.807, 2.05) is 17.4 Å². The van der Waals surface area contributed by atoms with Crippen molar-refractivity contribution in [1.82, 2.24) is 20.3 Å². The van der Waals surface area contributed by atoms with Gasteiger partial charge >= 0.3 is 0 Å². The summed E-state index contributed by atoms with van der Waals surface area (Å²) in [6.07, 6.45) is 5.84. The molecule has 0 aromatic carbocycles. The Morgan fingerprint density at radius 2 is 1.95 bits per heavy atom. The molecule has 114 valence electrons. The number of pyridine rings is 1. The van der Waals surface area contributed by atoms with Crippen LogP contribution in [0.5, 0.6) is 0 Å². The molecule has 1 aromatic heterocycles. The molecule has 2 aliphatic heterocycles. The minimum absolute atomic E-state index is 0.181. The van der Waals surface area contributed by atoms with Gasteiger partial charge in [0.25, 0.3) is 5.91 Å². The number of carbonyl (C=O) groups is 1. The second kappa shape index (κ2) is 6.41. The fourth-order valence-corrected chi connectivity index (χ4v) is 3.18. The molecule has 21 heavy (non-hydrogen) atoms. The van der Waals surface area contributed by atoms with Crippen molar-refractivity contribution in [2.75, 3.05) is 44.7 Å². The normalized spacial score (nSPS) is 21.1. The minimum atomic E-state index is 0.181. The number of hydrogen-bond donors (Lipinski definition) is 1. The van der Waals surface area contributed by atoms with Crippen molar-refractivity contribution in [3.8, 4) is 0 Å². The second-order valence-corrected chi connectivity index (χ2v) is 5.69. The lowest BCUT2D eigenvalue weighted by molar-refractivity contribution is -0.153. The molecule has 2 saturated heterocycles. The molecular formula is C15H23N5O.